The highest BCUT2D eigenvalue weighted by Crippen LogP contribution is 2.27. The molecule has 0 aliphatic carbocycles. The first-order valence-corrected chi connectivity index (χ1v) is 8.47. The van der Waals surface area contributed by atoms with E-state index in [1.807, 2.05) is 52.0 Å². The minimum absolute atomic E-state index is 0.217. The van der Waals surface area contributed by atoms with Crippen LogP contribution in [-0.4, -0.2) is 11.9 Å². The predicted octanol–water partition coefficient (Wildman–Crippen LogP) is 4.83. The van der Waals surface area contributed by atoms with Crippen LogP contribution in [0.4, 0.5) is 0 Å². The van der Waals surface area contributed by atoms with Crippen molar-refractivity contribution in [2.45, 2.75) is 46.0 Å². The zero-order valence-corrected chi connectivity index (χ0v) is 15.1. The molecule has 0 unspecified atom stereocenters. The van der Waals surface area contributed by atoms with E-state index in [9.17, 15) is 9.59 Å². The van der Waals surface area contributed by atoms with Gasteiger partial charge in [0, 0.05) is 0 Å². The fourth-order valence-electron chi connectivity index (χ4n) is 2.54. The van der Waals surface area contributed by atoms with Gasteiger partial charge in [-0.05, 0) is 35.1 Å². The Balaban J connectivity index is 2.01. The Morgan fingerprint density at radius 3 is 1.44 bits per heavy atom. The summed E-state index contributed by atoms with van der Waals surface area (Å²) in [6, 6.07) is 14.7. The zero-order chi connectivity index (χ0) is 18.4. The van der Waals surface area contributed by atoms with E-state index in [0.29, 0.717) is 11.5 Å². The van der Waals surface area contributed by atoms with Crippen molar-refractivity contribution < 1.29 is 19.1 Å². The molecule has 0 atom stereocenters. The van der Waals surface area contributed by atoms with Crippen LogP contribution in [0.25, 0.3) is 0 Å². The van der Waals surface area contributed by atoms with E-state index in [-0.39, 0.29) is 11.8 Å². The van der Waals surface area contributed by atoms with Gasteiger partial charge >= 0.3 is 11.9 Å². The van der Waals surface area contributed by atoms with Gasteiger partial charge in [-0.2, -0.15) is 0 Å². The fourth-order valence-corrected chi connectivity index (χ4v) is 2.54. The normalized spacial score (nSPS) is 10.8. The topological polar surface area (TPSA) is 52.6 Å². The third kappa shape index (κ3) is 5.18. The van der Waals surface area contributed by atoms with Gasteiger partial charge in [0.15, 0.2) is 0 Å². The van der Waals surface area contributed by atoms with Crippen LogP contribution in [0, 0.1) is 0 Å². The molecule has 0 spiro atoms. The highest BCUT2D eigenvalue weighted by Gasteiger charge is 2.18. The van der Waals surface area contributed by atoms with Gasteiger partial charge in [0.05, 0.1) is 0 Å². The van der Waals surface area contributed by atoms with Crippen LogP contribution in [0.5, 0.6) is 11.5 Å². The lowest BCUT2D eigenvalue weighted by molar-refractivity contribution is -0.144. The Hall–Kier alpha value is -2.62. The number of hydrogen-bond acceptors (Lipinski definition) is 4. The second kappa shape index (κ2) is 8.47. The van der Waals surface area contributed by atoms with E-state index in [1.165, 1.54) is 0 Å². The molecule has 0 aliphatic rings. The molecule has 0 aromatic heterocycles. The van der Waals surface area contributed by atoms with Crippen LogP contribution in [0.1, 0.15) is 57.1 Å². The molecular formula is C21H24O4. The molecule has 25 heavy (non-hydrogen) atoms. The van der Waals surface area contributed by atoms with Gasteiger partial charge in [-0.3, -0.25) is 9.59 Å². The number of ether oxygens (including phenoxy) is 2. The predicted molar refractivity (Wildman–Crippen MR) is 96.9 cm³/mol. The molecule has 4 nitrogen and oxygen atoms in total. The van der Waals surface area contributed by atoms with Crippen LogP contribution in [0.2, 0.25) is 0 Å². The van der Waals surface area contributed by atoms with Crippen LogP contribution in [-0.2, 0) is 9.59 Å². The van der Waals surface area contributed by atoms with Crippen molar-refractivity contribution in [2.75, 3.05) is 0 Å². The Bertz CT molecular complexity index is 684. The van der Waals surface area contributed by atoms with Crippen molar-refractivity contribution in [3.05, 3.63) is 59.7 Å². The summed E-state index contributed by atoms with van der Waals surface area (Å²) < 4.78 is 10.7. The van der Waals surface area contributed by atoms with Gasteiger partial charge in [-0.1, -0.05) is 64.1 Å². The number of rotatable bonds is 6. The Morgan fingerprint density at radius 2 is 1.08 bits per heavy atom. The first kappa shape index (κ1) is 18.7. The monoisotopic (exact) mass is 340 g/mol. The van der Waals surface area contributed by atoms with Gasteiger partial charge in [0.2, 0.25) is 0 Å². The minimum Gasteiger partial charge on any atom is -0.426 e. The molecule has 0 bridgehead atoms. The fraction of sp³-hybridized carbons (Fsp3) is 0.333. The molecule has 0 N–H and O–H groups in total. The van der Waals surface area contributed by atoms with Crippen molar-refractivity contribution in [3.63, 3.8) is 0 Å². The SMILES string of the molecule is CC(C)c1ccccc1OC(=O)CC(=O)Oc1ccccc1C(C)C. The molecular weight excluding hydrogens is 316 g/mol. The summed E-state index contributed by atoms with van der Waals surface area (Å²) >= 11 is 0. The first-order valence-electron chi connectivity index (χ1n) is 8.47. The smallest absolute Gasteiger partial charge is 0.322 e. The molecule has 132 valence electrons. The molecule has 0 saturated heterocycles. The summed E-state index contributed by atoms with van der Waals surface area (Å²) in [7, 11) is 0. The summed E-state index contributed by atoms with van der Waals surface area (Å²) in [4.78, 5) is 24.2. The summed E-state index contributed by atoms with van der Waals surface area (Å²) in [6.07, 6.45) is -0.432. The van der Waals surface area contributed by atoms with Crippen molar-refractivity contribution in [1.29, 1.82) is 0 Å². The van der Waals surface area contributed by atoms with Crippen molar-refractivity contribution in [2.24, 2.45) is 0 Å². The van der Waals surface area contributed by atoms with E-state index in [2.05, 4.69) is 0 Å². The van der Waals surface area contributed by atoms with Crippen LogP contribution >= 0.6 is 0 Å². The first-order chi connectivity index (χ1) is 11.9. The number of carbonyl (C=O) groups excluding carboxylic acids is 2. The molecule has 2 aromatic carbocycles. The average Bonchev–Trinajstić information content (AvgIpc) is 2.55. The quantitative estimate of drug-likeness (QED) is 0.429. The summed E-state index contributed by atoms with van der Waals surface area (Å²) in [5.41, 5.74) is 1.85. The van der Waals surface area contributed by atoms with Crippen LogP contribution < -0.4 is 9.47 Å². The Morgan fingerprint density at radius 1 is 0.720 bits per heavy atom. The van der Waals surface area contributed by atoms with Gasteiger partial charge in [0.25, 0.3) is 0 Å². The van der Waals surface area contributed by atoms with Gasteiger partial charge < -0.3 is 9.47 Å². The molecule has 0 radical (unpaired) electrons. The van der Waals surface area contributed by atoms with Gasteiger partial charge in [-0.15, -0.1) is 0 Å². The standard InChI is InChI=1S/C21H24O4/c1-14(2)16-9-5-7-11-18(16)24-20(22)13-21(23)25-19-12-8-6-10-17(19)15(3)4/h5-12,14-15H,13H2,1-4H3. The molecule has 4 heteroatoms. The van der Waals surface area contributed by atoms with Gasteiger partial charge in [0.1, 0.15) is 17.9 Å². The zero-order valence-electron chi connectivity index (χ0n) is 15.1. The van der Waals surface area contributed by atoms with Crippen molar-refractivity contribution >= 4 is 11.9 Å². The van der Waals surface area contributed by atoms with Gasteiger partial charge in [-0.25, -0.2) is 0 Å². The molecule has 0 amide bonds. The summed E-state index contributed by atoms with van der Waals surface area (Å²) in [5, 5.41) is 0. The van der Waals surface area contributed by atoms with Crippen molar-refractivity contribution in [3.8, 4) is 11.5 Å². The summed E-state index contributed by atoms with van der Waals surface area (Å²) in [5.74, 6) is 0.152. The van der Waals surface area contributed by atoms with E-state index >= 15 is 0 Å². The van der Waals surface area contributed by atoms with E-state index in [1.54, 1.807) is 24.3 Å². The largest absolute Gasteiger partial charge is 0.426 e. The van der Waals surface area contributed by atoms with Crippen molar-refractivity contribution in [1.82, 2.24) is 0 Å². The number of carbonyl (C=O) groups is 2. The average molecular weight is 340 g/mol. The molecule has 2 aromatic rings. The third-order valence-corrected chi connectivity index (χ3v) is 3.82. The maximum Gasteiger partial charge on any atom is 0.322 e. The second-order valence-electron chi connectivity index (χ2n) is 6.51. The lowest BCUT2D eigenvalue weighted by atomic mass is 10.0. The molecule has 0 saturated carbocycles. The highest BCUT2D eigenvalue weighted by molar-refractivity contribution is 5.93. The number of benzene rings is 2. The second-order valence-corrected chi connectivity index (χ2v) is 6.51. The third-order valence-electron chi connectivity index (χ3n) is 3.82. The molecule has 2 rings (SSSR count). The Labute approximate surface area is 148 Å². The molecule has 0 aliphatic heterocycles. The summed E-state index contributed by atoms with van der Waals surface area (Å²) in [6.45, 7) is 8.07. The maximum atomic E-state index is 12.1. The molecule has 0 heterocycles. The lowest BCUT2D eigenvalue weighted by Crippen LogP contribution is -2.19. The highest BCUT2D eigenvalue weighted by atomic mass is 16.6. The molecule has 0 fully saturated rings. The maximum absolute atomic E-state index is 12.1. The Kier molecular flexibility index (Phi) is 6.34. The number of para-hydroxylation sites is 2. The van der Waals surface area contributed by atoms with E-state index < -0.39 is 18.4 Å². The van der Waals surface area contributed by atoms with E-state index in [0.717, 1.165) is 11.1 Å². The number of esters is 2. The number of hydrogen-bond donors (Lipinski definition) is 0. The minimum atomic E-state index is -0.625. The van der Waals surface area contributed by atoms with Crippen LogP contribution in [0.15, 0.2) is 48.5 Å². The van der Waals surface area contributed by atoms with Crippen LogP contribution in [0.3, 0.4) is 0 Å². The van der Waals surface area contributed by atoms with E-state index in [4.69, 9.17) is 9.47 Å². The lowest BCUT2D eigenvalue weighted by Gasteiger charge is -2.13.